The van der Waals surface area contributed by atoms with E-state index in [1.807, 2.05) is 12.1 Å². The molecule has 0 saturated carbocycles. The van der Waals surface area contributed by atoms with Crippen LogP contribution in [0.5, 0.6) is 0 Å². The van der Waals surface area contributed by atoms with Crippen molar-refractivity contribution in [3.05, 3.63) is 35.4 Å². The van der Waals surface area contributed by atoms with Gasteiger partial charge in [-0.15, -0.1) is 12.4 Å². The van der Waals surface area contributed by atoms with Crippen molar-refractivity contribution in [2.24, 2.45) is 5.92 Å². The maximum atomic E-state index is 12.4. The Morgan fingerprint density at radius 1 is 1.30 bits per heavy atom. The SMILES string of the molecule is CC1CCNC(C)C1NC(=O)C1Cc2ccccc21.Cl. The normalized spacial score (nSPS) is 31.5. The third kappa shape index (κ3) is 2.70. The topological polar surface area (TPSA) is 41.1 Å². The minimum absolute atomic E-state index is 0. The van der Waals surface area contributed by atoms with Gasteiger partial charge in [0.2, 0.25) is 5.91 Å². The Bertz CT molecular complexity index is 481. The summed E-state index contributed by atoms with van der Waals surface area (Å²) in [6.45, 7) is 5.45. The Morgan fingerprint density at radius 3 is 2.75 bits per heavy atom. The van der Waals surface area contributed by atoms with Crippen molar-refractivity contribution in [2.45, 2.75) is 44.7 Å². The molecule has 1 amide bonds. The van der Waals surface area contributed by atoms with Gasteiger partial charge in [-0.25, -0.2) is 0 Å². The van der Waals surface area contributed by atoms with Gasteiger partial charge in [0.05, 0.1) is 5.92 Å². The number of carbonyl (C=O) groups excluding carboxylic acids is 1. The van der Waals surface area contributed by atoms with Crippen molar-refractivity contribution < 1.29 is 4.79 Å². The van der Waals surface area contributed by atoms with E-state index in [1.165, 1.54) is 11.1 Å². The second kappa shape index (κ2) is 6.15. The van der Waals surface area contributed by atoms with Gasteiger partial charge in [-0.3, -0.25) is 4.79 Å². The van der Waals surface area contributed by atoms with Crippen LogP contribution in [0.25, 0.3) is 0 Å². The molecular weight excluding hydrogens is 272 g/mol. The molecule has 1 heterocycles. The molecule has 1 saturated heterocycles. The zero-order chi connectivity index (χ0) is 13.4. The number of carbonyl (C=O) groups is 1. The third-order valence-corrected chi connectivity index (χ3v) is 4.70. The summed E-state index contributed by atoms with van der Waals surface area (Å²) in [5.41, 5.74) is 2.54. The van der Waals surface area contributed by atoms with Crippen LogP contribution in [0.3, 0.4) is 0 Å². The minimum atomic E-state index is 0. The minimum Gasteiger partial charge on any atom is -0.351 e. The summed E-state index contributed by atoms with van der Waals surface area (Å²) < 4.78 is 0. The number of nitrogens with one attached hydrogen (secondary N) is 2. The Morgan fingerprint density at radius 2 is 2.05 bits per heavy atom. The third-order valence-electron chi connectivity index (χ3n) is 4.70. The fraction of sp³-hybridized carbons (Fsp3) is 0.562. The first kappa shape index (κ1) is 15.3. The zero-order valence-corrected chi connectivity index (χ0v) is 12.9. The average molecular weight is 295 g/mol. The van der Waals surface area contributed by atoms with Crippen molar-refractivity contribution >= 4 is 18.3 Å². The van der Waals surface area contributed by atoms with E-state index in [4.69, 9.17) is 0 Å². The molecule has 1 aromatic carbocycles. The molecule has 4 atom stereocenters. The molecule has 1 aliphatic carbocycles. The maximum Gasteiger partial charge on any atom is 0.228 e. The first-order valence-corrected chi connectivity index (χ1v) is 7.28. The van der Waals surface area contributed by atoms with Crippen molar-refractivity contribution in [3.8, 4) is 0 Å². The number of amides is 1. The number of fused-ring (bicyclic) bond motifs is 1. The predicted molar refractivity (Wildman–Crippen MR) is 83.3 cm³/mol. The largest absolute Gasteiger partial charge is 0.351 e. The van der Waals surface area contributed by atoms with Gasteiger partial charge < -0.3 is 10.6 Å². The van der Waals surface area contributed by atoms with Gasteiger partial charge in [0.1, 0.15) is 0 Å². The lowest BCUT2D eigenvalue weighted by atomic mass is 9.76. The van der Waals surface area contributed by atoms with E-state index in [1.54, 1.807) is 0 Å². The van der Waals surface area contributed by atoms with Crippen LogP contribution in [0.15, 0.2) is 24.3 Å². The second-order valence-corrected chi connectivity index (χ2v) is 6.00. The van der Waals surface area contributed by atoms with Crippen LogP contribution in [0.4, 0.5) is 0 Å². The van der Waals surface area contributed by atoms with E-state index in [-0.39, 0.29) is 30.3 Å². The first-order chi connectivity index (χ1) is 9.16. The molecule has 4 unspecified atom stereocenters. The quantitative estimate of drug-likeness (QED) is 0.878. The number of hydrogen-bond donors (Lipinski definition) is 2. The molecular formula is C16H23ClN2O. The molecule has 4 heteroatoms. The van der Waals surface area contributed by atoms with Gasteiger partial charge >= 0.3 is 0 Å². The van der Waals surface area contributed by atoms with Crippen LogP contribution >= 0.6 is 12.4 Å². The summed E-state index contributed by atoms with van der Waals surface area (Å²) in [6, 6.07) is 8.88. The lowest BCUT2D eigenvalue weighted by molar-refractivity contribution is -0.124. The van der Waals surface area contributed by atoms with Crippen LogP contribution in [-0.2, 0) is 11.2 Å². The predicted octanol–water partition coefficient (Wildman–Crippen LogP) is 2.25. The van der Waals surface area contributed by atoms with E-state index in [0.29, 0.717) is 12.0 Å². The highest BCUT2D eigenvalue weighted by Gasteiger charge is 2.35. The second-order valence-electron chi connectivity index (χ2n) is 6.00. The molecule has 3 rings (SSSR count). The monoisotopic (exact) mass is 294 g/mol. The van der Waals surface area contributed by atoms with Crippen molar-refractivity contribution in [2.75, 3.05) is 6.54 Å². The van der Waals surface area contributed by atoms with Crippen LogP contribution in [-0.4, -0.2) is 24.5 Å². The van der Waals surface area contributed by atoms with Crippen molar-refractivity contribution in [1.29, 1.82) is 0 Å². The molecule has 20 heavy (non-hydrogen) atoms. The standard InChI is InChI=1S/C16H22N2O.ClH/c1-10-7-8-17-11(2)15(10)18-16(19)14-9-12-5-3-4-6-13(12)14;/h3-6,10-11,14-15,17H,7-9H2,1-2H3,(H,18,19);1H. The number of hydrogen-bond acceptors (Lipinski definition) is 2. The van der Waals surface area contributed by atoms with Crippen LogP contribution in [0.2, 0.25) is 0 Å². The molecule has 110 valence electrons. The number of benzene rings is 1. The lowest BCUT2D eigenvalue weighted by Crippen LogP contribution is -2.57. The average Bonchev–Trinajstić information content (AvgIpc) is 2.35. The summed E-state index contributed by atoms with van der Waals surface area (Å²) in [7, 11) is 0. The highest BCUT2D eigenvalue weighted by atomic mass is 35.5. The molecule has 1 aromatic rings. The summed E-state index contributed by atoms with van der Waals surface area (Å²) in [4.78, 5) is 12.4. The molecule has 0 spiro atoms. The molecule has 0 bridgehead atoms. The fourth-order valence-corrected chi connectivity index (χ4v) is 3.36. The Labute approximate surface area is 126 Å². The number of rotatable bonds is 2. The van der Waals surface area contributed by atoms with E-state index in [9.17, 15) is 4.79 Å². The fourth-order valence-electron chi connectivity index (χ4n) is 3.36. The molecule has 2 N–H and O–H groups in total. The summed E-state index contributed by atoms with van der Waals surface area (Å²) in [5.74, 6) is 0.819. The molecule has 1 aliphatic heterocycles. The molecule has 1 fully saturated rings. The van der Waals surface area contributed by atoms with Crippen molar-refractivity contribution in [3.63, 3.8) is 0 Å². The molecule has 3 nitrogen and oxygen atoms in total. The van der Waals surface area contributed by atoms with Gasteiger partial charge in [0, 0.05) is 12.1 Å². The summed E-state index contributed by atoms with van der Waals surface area (Å²) in [6.07, 6.45) is 2.03. The lowest BCUT2D eigenvalue weighted by Gasteiger charge is -2.38. The van der Waals surface area contributed by atoms with Crippen LogP contribution in [0.1, 0.15) is 37.3 Å². The van der Waals surface area contributed by atoms with Gasteiger partial charge in [0.15, 0.2) is 0 Å². The van der Waals surface area contributed by atoms with Crippen molar-refractivity contribution in [1.82, 2.24) is 10.6 Å². The van der Waals surface area contributed by atoms with Gasteiger partial charge in [0.25, 0.3) is 0 Å². The van der Waals surface area contributed by atoms with Crippen LogP contribution < -0.4 is 10.6 Å². The van der Waals surface area contributed by atoms with Crippen LogP contribution in [0, 0.1) is 5.92 Å². The molecule has 0 aromatic heterocycles. The first-order valence-electron chi connectivity index (χ1n) is 7.28. The zero-order valence-electron chi connectivity index (χ0n) is 12.1. The summed E-state index contributed by atoms with van der Waals surface area (Å²) >= 11 is 0. The van der Waals surface area contributed by atoms with Gasteiger partial charge in [-0.05, 0) is 43.4 Å². The van der Waals surface area contributed by atoms with E-state index < -0.39 is 0 Å². The maximum absolute atomic E-state index is 12.4. The van der Waals surface area contributed by atoms with E-state index in [0.717, 1.165) is 19.4 Å². The molecule has 2 aliphatic rings. The van der Waals surface area contributed by atoms with E-state index >= 15 is 0 Å². The Hall–Kier alpha value is -1.06. The Kier molecular flexibility index (Phi) is 4.71. The Balaban J connectivity index is 0.00000147. The van der Waals surface area contributed by atoms with Gasteiger partial charge in [-0.1, -0.05) is 31.2 Å². The highest BCUT2D eigenvalue weighted by molar-refractivity contribution is 5.87. The number of halogens is 1. The number of piperidine rings is 1. The van der Waals surface area contributed by atoms with E-state index in [2.05, 4.69) is 36.6 Å². The summed E-state index contributed by atoms with van der Waals surface area (Å²) in [5, 5.41) is 6.71. The van der Waals surface area contributed by atoms with Gasteiger partial charge in [-0.2, -0.15) is 0 Å². The highest BCUT2D eigenvalue weighted by Crippen LogP contribution is 2.35. The smallest absolute Gasteiger partial charge is 0.228 e. The molecule has 0 radical (unpaired) electrons.